The number of allylic oxidation sites excluding steroid dienone is 1. The van der Waals surface area contributed by atoms with Gasteiger partial charge in [0.05, 0.1) is 5.70 Å². The van der Waals surface area contributed by atoms with Gasteiger partial charge in [0.1, 0.15) is 18.3 Å². The summed E-state index contributed by atoms with van der Waals surface area (Å²) in [4.78, 5) is 22.5. The summed E-state index contributed by atoms with van der Waals surface area (Å²) in [6.45, 7) is 3.04. The third-order valence-electron chi connectivity index (χ3n) is 3.63. The lowest BCUT2D eigenvalue weighted by Gasteiger charge is -2.22. The summed E-state index contributed by atoms with van der Waals surface area (Å²) in [5, 5.41) is 11.0. The molecule has 0 aromatic heterocycles. The van der Waals surface area contributed by atoms with Gasteiger partial charge in [-0.15, -0.1) is 0 Å². The second-order valence-electron chi connectivity index (χ2n) is 5.60. The zero-order chi connectivity index (χ0) is 17.8. The SMILES string of the molecule is CCCCO.Nc1ccc(OCC(=O)C2CCNC(=C=O)C2)cc1. The molecule has 0 saturated carbocycles. The summed E-state index contributed by atoms with van der Waals surface area (Å²) in [5.74, 6) is 2.28. The standard InChI is InChI=1S/C14H16N2O3.C4H10O/c15-11-1-3-13(4-2-11)19-9-14(18)10-5-6-16-12(7-10)8-17;1-2-3-4-5/h1-4,10,16H,5-7,9,15H2;5H,2-4H2,1H3. The predicted octanol–water partition coefficient (Wildman–Crippen LogP) is 1.71. The Kier molecular flexibility index (Phi) is 9.27. The van der Waals surface area contributed by atoms with Gasteiger partial charge in [-0.1, -0.05) is 13.3 Å². The second-order valence-corrected chi connectivity index (χ2v) is 5.60. The molecule has 1 aromatic carbocycles. The van der Waals surface area contributed by atoms with E-state index in [1.807, 2.05) is 5.94 Å². The molecule has 24 heavy (non-hydrogen) atoms. The molecule has 0 bridgehead atoms. The molecule has 1 fully saturated rings. The number of nitrogens with one attached hydrogen (secondary N) is 1. The number of carbonyl (C=O) groups is 1. The molecule has 132 valence electrons. The summed E-state index contributed by atoms with van der Waals surface area (Å²) >= 11 is 0. The fourth-order valence-electron chi connectivity index (χ4n) is 2.16. The van der Waals surface area contributed by atoms with E-state index in [9.17, 15) is 9.59 Å². The number of unbranched alkanes of at least 4 members (excludes halogenated alkanes) is 1. The van der Waals surface area contributed by atoms with Crippen molar-refractivity contribution < 1.29 is 19.4 Å². The first kappa shape index (κ1) is 19.7. The molecule has 2 rings (SSSR count). The number of benzene rings is 1. The number of nitrogen functional groups attached to an aromatic ring is 1. The first-order valence-corrected chi connectivity index (χ1v) is 8.20. The number of piperidine rings is 1. The Hall–Kier alpha value is -2.30. The molecule has 1 aliphatic heterocycles. The minimum Gasteiger partial charge on any atom is -0.486 e. The number of rotatable bonds is 6. The van der Waals surface area contributed by atoms with Crippen molar-refractivity contribution in [3.8, 4) is 5.75 Å². The number of ketones is 1. The van der Waals surface area contributed by atoms with Crippen molar-refractivity contribution in [2.24, 2.45) is 5.92 Å². The van der Waals surface area contributed by atoms with Gasteiger partial charge in [0.25, 0.3) is 0 Å². The molecule has 0 aliphatic carbocycles. The highest BCUT2D eigenvalue weighted by atomic mass is 16.5. The summed E-state index contributed by atoms with van der Waals surface area (Å²) in [7, 11) is 0. The largest absolute Gasteiger partial charge is 0.486 e. The predicted molar refractivity (Wildman–Crippen MR) is 93.3 cm³/mol. The number of nitrogens with two attached hydrogens (primary N) is 1. The van der Waals surface area contributed by atoms with Gasteiger partial charge in [0, 0.05) is 31.2 Å². The van der Waals surface area contributed by atoms with Crippen LogP contribution in [0.3, 0.4) is 0 Å². The number of aliphatic hydroxyl groups excluding tert-OH is 1. The van der Waals surface area contributed by atoms with Crippen LogP contribution in [0.5, 0.6) is 5.75 Å². The van der Waals surface area contributed by atoms with Crippen molar-refractivity contribution in [3.05, 3.63) is 30.0 Å². The zero-order valence-electron chi connectivity index (χ0n) is 14.1. The maximum atomic E-state index is 12.0. The first-order valence-electron chi connectivity index (χ1n) is 8.20. The van der Waals surface area contributed by atoms with Crippen LogP contribution in [0, 0.1) is 5.92 Å². The fraction of sp³-hybridized carbons (Fsp3) is 0.500. The molecule has 4 N–H and O–H groups in total. The van der Waals surface area contributed by atoms with Gasteiger partial charge in [-0.05, 0) is 37.1 Å². The maximum Gasteiger partial charge on any atom is 0.173 e. The van der Waals surface area contributed by atoms with Crippen molar-refractivity contribution in [3.63, 3.8) is 0 Å². The summed E-state index contributed by atoms with van der Waals surface area (Å²) in [6.07, 6.45) is 3.18. The number of ether oxygens (including phenoxy) is 1. The normalized spacial score (nSPS) is 16.2. The molecule has 1 unspecified atom stereocenters. The fourth-order valence-corrected chi connectivity index (χ4v) is 2.16. The summed E-state index contributed by atoms with van der Waals surface area (Å²) in [5.41, 5.74) is 6.68. The topological polar surface area (TPSA) is 102 Å². The molecular weight excluding hydrogens is 308 g/mol. The van der Waals surface area contributed by atoms with Crippen LogP contribution >= 0.6 is 0 Å². The van der Waals surface area contributed by atoms with Crippen LogP contribution in [0.1, 0.15) is 32.6 Å². The number of carbonyl (C=O) groups excluding carboxylic acids is 2. The highest BCUT2D eigenvalue weighted by Crippen LogP contribution is 2.19. The van der Waals surface area contributed by atoms with E-state index < -0.39 is 0 Å². The van der Waals surface area contributed by atoms with Crippen molar-refractivity contribution in [1.82, 2.24) is 5.32 Å². The number of hydrogen-bond donors (Lipinski definition) is 3. The van der Waals surface area contributed by atoms with Crippen LogP contribution in [0.2, 0.25) is 0 Å². The average molecular weight is 334 g/mol. The number of aliphatic hydroxyl groups is 1. The molecule has 0 spiro atoms. The minimum absolute atomic E-state index is 0.00562. The van der Waals surface area contributed by atoms with Gasteiger partial charge in [-0.2, -0.15) is 0 Å². The highest BCUT2D eigenvalue weighted by Gasteiger charge is 2.24. The van der Waals surface area contributed by atoms with Crippen LogP contribution < -0.4 is 15.8 Å². The lowest BCUT2D eigenvalue weighted by atomic mass is 9.92. The van der Waals surface area contributed by atoms with E-state index in [-0.39, 0.29) is 18.3 Å². The number of Topliss-reactive ketones (excluding diaryl/α,β-unsaturated/α-hetero) is 1. The molecule has 1 heterocycles. The smallest absolute Gasteiger partial charge is 0.173 e. The Morgan fingerprint density at radius 3 is 2.67 bits per heavy atom. The quantitative estimate of drug-likeness (QED) is 0.541. The zero-order valence-corrected chi connectivity index (χ0v) is 14.1. The van der Waals surface area contributed by atoms with E-state index in [0.29, 0.717) is 36.7 Å². The van der Waals surface area contributed by atoms with E-state index in [4.69, 9.17) is 15.6 Å². The third kappa shape index (κ3) is 7.31. The molecule has 1 aromatic rings. The number of anilines is 1. The summed E-state index contributed by atoms with van der Waals surface area (Å²) < 4.78 is 5.41. The average Bonchev–Trinajstić information content (AvgIpc) is 2.62. The Morgan fingerprint density at radius 1 is 1.42 bits per heavy atom. The summed E-state index contributed by atoms with van der Waals surface area (Å²) in [6, 6.07) is 6.89. The van der Waals surface area contributed by atoms with Crippen molar-refractivity contribution in [1.29, 1.82) is 0 Å². The van der Waals surface area contributed by atoms with Crippen LogP contribution in [0.25, 0.3) is 0 Å². The van der Waals surface area contributed by atoms with Crippen LogP contribution in [0.4, 0.5) is 5.69 Å². The molecule has 0 amide bonds. The van der Waals surface area contributed by atoms with Crippen LogP contribution in [-0.2, 0) is 9.59 Å². The molecule has 1 saturated heterocycles. The Balaban J connectivity index is 0.000000505. The van der Waals surface area contributed by atoms with E-state index in [0.717, 1.165) is 19.3 Å². The lowest BCUT2D eigenvalue weighted by Crippen LogP contribution is -2.33. The Bertz CT molecular complexity index is 549. The molecular formula is C18H26N2O4. The van der Waals surface area contributed by atoms with Crippen LogP contribution in [-0.4, -0.2) is 36.6 Å². The first-order chi connectivity index (χ1) is 11.6. The van der Waals surface area contributed by atoms with Crippen LogP contribution in [0.15, 0.2) is 30.0 Å². The Labute approximate surface area is 142 Å². The number of hydrogen-bond acceptors (Lipinski definition) is 6. The van der Waals surface area contributed by atoms with Gasteiger partial charge in [0.2, 0.25) is 0 Å². The van der Waals surface area contributed by atoms with Gasteiger partial charge in [-0.25, -0.2) is 4.79 Å². The van der Waals surface area contributed by atoms with Gasteiger partial charge >= 0.3 is 0 Å². The van der Waals surface area contributed by atoms with E-state index in [2.05, 4.69) is 12.2 Å². The third-order valence-corrected chi connectivity index (χ3v) is 3.63. The van der Waals surface area contributed by atoms with E-state index in [1.54, 1.807) is 24.3 Å². The highest BCUT2D eigenvalue weighted by molar-refractivity contribution is 5.83. The van der Waals surface area contributed by atoms with Crippen molar-refractivity contribution >= 4 is 17.4 Å². The van der Waals surface area contributed by atoms with Crippen molar-refractivity contribution in [2.75, 3.05) is 25.5 Å². The second kappa shape index (κ2) is 11.3. The van der Waals surface area contributed by atoms with Crippen molar-refractivity contribution in [2.45, 2.75) is 32.6 Å². The minimum atomic E-state index is -0.161. The molecule has 1 aliphatic rings. The Morgan fingerprint density at radius 2 is 2.12 bits per heavy atom. The monoisotopic (exact) mass is 334 g/mol. The molecule has 6 nitrogen and oxygen atoms in total. The lowest BCUT2D eigenvalue weighted by molar-refractivity contribution is -0.125. The van der Waals surface area contributed by atoms with E-state index in [1.165, 1.54) is 0 Å². The van der Waals surface area contributed by atoms with Gasteiger partial charge < -0.3 is 20.9 Å². The van der Waals surface area contributed by atoms with E-state index >= 15 is 0 Å². The maximum absolute atomic E-state index is 12.0. The van der Waals surface area contributed by atoms with Gasteiger partial charge in [0.15, 0.2) is 5.78 Å². The molecule has 6 heteroatoms. The molecule has 1 atom stereocenters. The van der Waals surface area contributed by atoms with Gasteiger partial charge in [-0.3, -0.25) is 4.79 Å². The molecule has 0 radical (unpaired) electrons.